The molecule has 1 heterocycles. The standard InChI is InChI=1S/C30H32N2O3/c1-7-35-25-16-12-23(13-17-25)31-27-26(21-9-8-19(2)20(3)18-21)28(33)32(29(27)34)24-14-10-22(11-15-24)30(4,5)6/h8-18,31H,7H2,1-6H3. The third kappa shape index (κ3) is 4.85. The van der Waals surface area contributed by atoms with Crippen LogP contribution in [0.15, 0.2) is 72.4 Å². The molecule has 0 saturated heterocycles. The SMILES string of the molecule is CCOc1ccc(NC2=C(c3ccc(C)c(C)c3)C(=O)N(c3ccc(C(C)(C)C)cc3)C2=O)cc1. The molecule has 0 spiro atoms. The molecule has 35 heavy (non-hydrogen) atoms. The monoisotopic (exact) mass is 468 g/mol. The average molecular weight is 469 g/mol. The summed E-state index contributed by atoms with van der Waals surface area (Å²) in [5, 5.41) is 3.22. The molecule has 2 amide bonds. The van der Waals surface area contributed by atoms with E-state index in [1.54, 1.807) is 0 Å². The van der Waals surface area contributed by atoms with Crippen molar-refractivity contribution in [1.82, 2.24) is 0 Å². The zero-order chi connectivity index (χ0) is 25.3. The Hall–Kier alpha value is -3.86. The number of ether oxygens (including phenoxy) is 1. The maximum Gasteiger partial charge on any atom is 0.282 e. The van der Waals surface area contributed by atoms with Crippen LogP contribution in [0.5, 0.6) is 5.75 Å². The fourth-order valence-corrected chi connectivity index (χ4v) is 4.10. The first-order valence-electron chi connectivity index (χ1n) is 11.9. The fraction of sp³-hybridized carbons (Fsp3) is 0.267. The lowest BCUT2D eigenvalue weighted by Gasteiger charge is -2.21. The van der Waals surface area contributed by atoms with E-state index >= 15 is 0 Å². The van der Waals surface area contributed by atoms with Gasteiger partial charge in [-0.25, -0.2) is 4.90 Å². The average Bonchev–Trinajstić information content (AvgIpc) is 3.06. The molecule has 0 bridgehead atoms. The van der Waals surface area contributed by atoms with Gasteiger partial charge in [0.05, 0.1) is 17.9 Å². The minimum atomic E-state index is -0.374. The van der Waals surface area contributed by atoms with Gasteiger partial charge in [-0.2, -0.15) is 0 Å². The highest BCUT2D eigenvalue weighted by Gasteiger charge is 2.40. The summed E-state index contributed by atoms with van der Waals surface area (Å²) in [5.41, 5.74) is 5.90. The molecular weight excluding hydrogens is 436 g/mol. The van der Waals surface area contributed by atoms with Crippen molar-refractivity contribution in [3.8, 4) is 5.75 Å². The molecule has 3 aromatic carbocycles. The summed E-state index contributed by atoms with van der Waals surface area (Å²) < 4.78 is 5.52. The van der Waals surface area contributed by atoms with Crippen LogP contribution < -0.4 is 15.0 Å². The summed E-state index contributed by atoms with van der Waals surface area (Å²) in [4.78, 5) is 28.6. The Balaban J connectivity index is 1.76. The first-order chi connectivity index (χ1) is 16.6. The zero-order valence-electron chi connectivity index (χ0n) is 21.2. The van der Waals surface area contributed by atoms with Crippen molar-refractivity contribution in [2.24, 2.45) is 0 Å². The Morgan fingerprint density at radius 1 is 0.829 bits per heavy atom. The summed E-state index contributed by atoms with van der Waals surface area (Å²) in [6, 6.07) is 20.8. The van der Waals surface area contributed by atoms with Crippen LogP contribution in [0, 0.1) is 13.8 Å². The van der Waals surface area contributed by atoms with E-state index in [9.17, 15) is 9.59 Å². The molecule has 0 radical (unpaired) electrons. The van der Waals surface area contributed by atoms with E-state index in [-0.39, 0.29) is 22.9 Å². The Bertz CT molecular complexity index is 1300. The molecule has 3 aromatic rings. The molecule has 1 aliphatic heterocycles. The van der Waals surface area contributed by atoms with Gasteiger partial charge in [-0.05, 0) is 84.8 Å². The van der Waals surface area contributed by atoms with E-state index < -0.39 is 0 Å². The number of hydrogen-bond acceptors (Lipinski definition) is 4. The lowest BCUT2D eigenvalue weighted by molar-refractivity contribution is -0.120. The molecule has 1 aliphatic rings. The number of imide groups is 1. The number of carbonyl (C=O) groups excluding carboxylic acids is 2. The molecule has 0 unspecified atom stereocenters. The minimum absolute atomic E-state index is 0.0270. The number of rotatable bonds is 6. The van der Waals surface area contributed by atoms with E-state index in [1.807, 2.05) is 87.5 Å². The summed E-state index contributed by atoms with van der Waals surface area (Å²) >= 11 is 0. The van der Waals surface area contributed by atoms with Gasteiger partial charge in [0.2, 0.25) is 0 Å². The number of aryl methyl sites for hydroxylation is 2. The van der Waals surface area contributed by atoms with E-state index in [0.717, 1.165) is 22.4 Å². The largest absolute Gasteiger partial charge is 0.494 e. The molecule has 0 fully saturated rings. The molecule has 5 nitrogen and oxygen atoms in total. The molecule has 0 atom stereocenters. The Morgan fingerprint density at radius 3 is 2.06 bits per heavy atom. The topological polar surface area (TPSA) is 58.6 Å². The summed E-state index contributed by atoms with van der Waals surface area (Å²) in [6.45, 7) is 12.9. The van der Waals surface area contributed by atoms with Crippen LogP contribution in [0.25, 0.3) is 5.57 Å². The van der Waals surface area contributed by atoms with Crippen molar-refractivity contribution < 1.29 is 14.3 Å². The molecule has 180 valence electrons. The maximum absolute atomic E-state index is 13.7. The van der Waals surface area contributed by atoms with E-state index in [4.69, 9.17) is 4.74 Å². The fourth-order valence-electron chi connectivity index (χ4n) is 4.10. The van der Waals surface area contributed by atoms with Crippen molar-refractivity contribution in [1.29, 1.82) is 0 Å². The third-order valence-corrected chi connectivity index (χ3v) is 6.31. The van der Waals surface area contributed by atoms with Gasteiger partial charge in [0.1, 0.15) is 11.4 Å². The summed E-state index contributed by atoms with van der Waals surface area (Å²) in [5.74, 6) is 0.0339. The molecule has 4 rings (SSSR count). The van der Waals surface area contributed by atoms with Crippen LogP contribution in [-0.4, -0.2) is 18.4 Å². The lowest BCUT2D eigenvalue weighted by Crippen LogP contribution is -2.32. The number of benzene rings is 3. The Labute approximate surface area is 207 Å². The molecule has 0 aromatic heterocycles. The number of amides is 2. The van der Waals surface area contributed by atoms with E-state index in [0.29, 0.717) is 29.1 Å². The van der Waals surface area contributed by atoms with Crippen LogP contribution in [-0.2, 0) is 15.0 Å². The van der Waals surface area contributed by atoms with Crippen LogP contribution in [0.1, 0.15) is 49.9 Å². The lowest BCUT2D eigenvalue weighted by atomic mass is 9.87. The molecule has 0 saturated carbocycles. The van der Waals surface area contributed by atoms with Gasteiger partial charge in [0.25, 0.3) is 11.8 Å². The first-order valence-corrected chi connectivity index (χ1v) is 11.9. The Morgan fingerprint density at radius 2 is 1.49 bits per heavy atom. The number of carbonyl (C=O) groups is 2. The minimum Gasteiger partial charge on any atom is -0.494 e. The van der Waals surface area contributed by atoms with Gasteiger partial charge in [-0.15, -0.1) is 0 Å². The van der Waals surface area contributed by atoms with Crippen molar-refractivity contribution in [2.75, 3.05) is 16.8 Å². The van der Waals surface area contributed by atoms with Crippen molar-refractivity contribution in [3.63, 3.8) is 0 Å². The van der Waals surface area contributed by atoms with Crippen LogP contribution in [0.2, 0.25) is 0 Å². The first kappa shape index (κ1) is 24.3. The zero-order valence-corrected chi connectivity index (χ0v) is 21.2. The Kier molecular flexibility index (Phi) is 6.53. The third-order valence-electron chi connectivity index (χ3n) is 6.31. The smallest absolute Gasteiger partial charge is 0.282 e. The number of hydrogen-bond donors (Lipinski definition) is 1. The molecular formula is C30H32N2O3. The highest BCUT2D eigenvalue weighted by molar-refractivity contribution is 6.46. The number of nitrogens with zero attached hydrogens (tertiary/aromatic N) is 1. The van der Waals surface area contributed by atoms with Crippen LogP contribution in [0.4, 0.5) is 11.4 Å². The normalized spacial score (nSPS) is 14.1. The molecule has 1 N–H and O–H groups in total. The van der Waals surface area contributed by atoms with Gasteiger partial charge >= 0.3 is 0 Å². The van der Waals surface area contributed by atoms with Crippen molar-refractivity contribution >= 4 is 28.8 Å². The highest BCUT2D eigenvalue weighted by Crippen LogP contribution is 2.35. The summed E-state index contributed by atoms with van der Waals surface area (Å²) in [7, 11) is 0. The molecule has 0 aliphatic carbocycles. The maximum atomic E-state index is 13.7. The predicted molar refractivity (Wildman–Crippen MR) is 142 cm³/mol. The second-order valence-electron chi connectivity index (χ2n) is 9.87. The van der Waals surface area contributed by atoms with E-state index in [2.05, 4.69) is 26.1 Å². The molecule has 5 heteroatoms. The van der Waals surface area contributed by atoms with Crippen molar-refractivity contribution in [3.05, 3.63) is 94.7 Å². The quantitative estimate of drug-likeness (QED) is 0.426. The van der Waals surface area contributed by atoms with Gasteiger partial charge < -0.3 is 10.1 Å². The van der Waals surface area contributed by atoms with Gasteiger partial charge in [0.15, 0.2) is 0 Å². The van der Waals surface area contributed by atoms with Gasteiger partial charge in [0, 0.05) is 5.69 Å². The van der Waals surface area contributed by atoms with Crippen molar-refractivity contribution in [2.45, 2.75) is 47.0 Å². The second kappa shape index (κ2) is 9.41. The predicted octanol–water partition coefficient (Wildman–Crippen LogP) is 6.40. The number of anilines is 2. The summed E-state index contributed by atoms with van der Waals surface area (Å²) in [6.07, 6.45) is 0. The second-order valence-corrected chi connectivity index (χ2v) is 9.87. The highest BCUT2D eigenvalue weighted by atomic mass is 16.5. The van der Waals surface area contributed by atoms with Gasteiger partial charge in [-0.1, -0.05) is 51.1 Å². The van der Waals surface area contributed by atoms with Gasteiger partial charge in [-0.3, -0.25) is 9.59 Å². The van der Waals surface area contributed by atoms with Crippen LogP contribution >= 0.6 is 0 Å². The number of nitrogens with one attached hydrogen (secondary N) is 1. The van der Waals surface area contributed by atoms with E-state index in [1.165, 1.54) is 4.90 Å². The van der Waals surface area contributed by atoms with Crippen LogP contribution in [0.3, 0.4) is 0 Å².